The van der Waals surface area contributed by atoms with Gasteiger partial charge in [0.15, 0.2) is 0 Å². The molecule has 0 heterocycles. The summed E-state index contributed by atoms with van der Waals surface area (Å²) in [5, 5.41) is 14.0. The lowest BCUT2D eigenvalue weighted by atomic mass is 10.0. The fraction of sp³-hybridized carbons (Fsp3) is 0.786. The first-order valence-electron chi connectivity index (χ1n) is 7.34. The molecule has 0 aromatic heterocycles. The van der Waals surface area contributed by atoms with E-state index in [2.05, 4.69) is 10.6 Å². The SMILES string of the molecule is CCCNC(=O)CN(C)C(=O)NCCC(C)CCC(=O)O. The van der Waals surface area contributed by atoms with Crippen LogP contribution in [0.4, 0.5) is 4.79 Å². The Bertz CT molecular complexity index is 347. The van der Waals surface area contributed by atoms with E-state index in [1.165, 1.54) is 4.90 Å². The molecule has 1 atom stereocenters. The van der Waals surface area contributed by atoms with Crippen LogP contribution in [0.2, 0.25) is 0 Å². The van der Waals surface area contributed by atoms with Crippen molar-refractivity contribution in [1.29, 1.82) is 0 Å². The number of rotatable bonds is 10. The molecule has 1 unspecified atom stereocenters. The Labute approximate surface area is 126 Å². The number of nitrogens with zero attached hydrogens (tertiary/aromatic N) is 1. The molecule has 0 aliphatic rings. The zero-order chi connectivity index (χ0) is 16.3. The van der Waals surface area contributed by atoms with E-state index in [-0.39, 0.29) is 30.8 Å². The zero-order valence-corrected chi connectivity index (χ0v) is 13.1. The lowest BCUT2D eigenvalue weighted by Gasteiger charge is -2.18. The highest BCUT2D eigenvalue weighted by Crippen LogP contribution is 2.09. The molecule has 0 aromatic rings. The van der Waals surface area contributed by atoms with Gasteiger partial charge in [0.1, 0.15) is 6.54 Å². The predicted octanol–water partition coefficient (Wildman–Crippen LogP) is 1.05. The van der Waals surface area contributed by atoms with Crippen molar-refractivity contribution in [3.63, 3.8) is 0 Å². The second kappa shape index (κ2) is 10.9. The molecule has 3 N–H and O–H groups in total. The van der Waals surface area contributed by atoms with Gasteiger partial charge in [-0.1, -0.05) is 13.8 Å². The van der Waals surface area contributed by atoms with Crippen molar-refractivity contribution < 1.29 is 19.5 Å². The van der Waals surface area contributed by atoms with Crippen LogP contribution in [0.25, 0.3) is 0 Å². The van der Waals surface area contributed by atoms with Crippen LogP contribution in [0.3, 0.4) is 0 Å². The maximum atomic E-state index is 11.7. The summed E-state index contributed by atoms with van der Waals surface area (Å²) < 4.78 is 0. The van der Waals surface area contributed by atoms with Crippen LogP contribution in [-0.2, 0) is 9.59 Å². The van der Waals surface area contributed by atoms with Crippen LogP contribution in [0.1, 0.15) is 39.5 Å². The Kier molecular flexibility index (Phi) is 10.0. The van der Waals surface area contributed by atoms with E-state index in [1.54, 1.807) is 7.05 Å². The molecule has 0 fully saturated rings. The third-order valence-corrected chi connectivity index (χ3v) is 3.06. The topological polar surface area (TPSA) is 98.7 Å². The van der Waals surface area contributed by atoms with Crippen molar-refractivity contribution in [3.8, 4) is 0 Å². The minimum absolute atomic E-state index is 0.0282. The molecule has 0 saturated heterocycles. The average Bonchev–Trinajstić information content (AvgIpc) is 2.42. The molecule has 7 heteroatoms. The molecule has 0 bridgehead atoms. The second-order valence-electron chi connectivity index (χ2n) is 5.26. The van der Waals surface area contributed by atoms with Crippen LogP contribution in [0, 0.1) is 5.92 Å². The number of hydrogen-bond acceptors (Lipinski definition) is 3. The summed E-state index contributed by atoms with van der Waals surface area (Å²) in [5.41, 5.74) is 0. The number of carboxylic acids is 1. The van der Waals surface area contributed by atoms with E-state index in [1.807, 2.05) is 13.8 Å². The molecular formula is C14H27N3O4. The number of nitrogens with one attached hydrogen (secondary N) is 2. The summed E-state index contributed by atoms with van der Waals surface area (Å²) in [4.78, 5) is 35.0. The summed E-state index contributed by atoms with van der Waals surface area (Å²) in [6, 6.07) is -0.299. The minimum atomic E-state index is -0.802. The van der Waals surface area contributed by atoms with Crippen LogP contribution in [0.5, 0.6) is 0 Å². The van der Waals surface area contributed by atoms with Crippen molar-refractivity contribution in [2.24, 2.45) is 5.92 Å². The third kappa shape index (κ3) is 10.6. The molecule has 21 heavy (non-hydrogen) atoms. The van der Waals surface area contributed by atoms with Crippen molar-refractivity contribution >= 4 is 17.9 Å². The van der Waals surface area contributed by atoms with Gasteiger partial charge < -0.3 is 20.6 Å². The van der Waals surface area contributed by atoms with Crippen LogP contribution >= 0.6 is 0 Å². The van der Waals surface area contributed by atoms with Crippen LogP contribution in [0.15, 0.2) is 0 Å². The van der Waals surface area contributed by atoms with E-state index >= 15 is 0 Å². The lowest BCUT2D eigenvalue weighted by molar-refractivity contribution is -0.137. The Morgan fingerprint density at radius 1 is 1.14 bits per heavy atom. The second-order valence-corrected chi connectivity index (χ2v) is 5.26. The highest BCUT2D eigenvalue weighted by Gasteiger charge is 2.12. The highest BCUT2D eigenvalue weighted by molar-refractivity contribution is 5.83. The van der Waals surface area contributed by atoms with Crippen molar-refractivity contribution in [2.45, 2.75) is 39.5 Å². The standard InChI is InChI=1S/C14H27N3O4/c1-4-8-15-12(18)10-17(3)14(21)16-9-7-11(2)5-6-13(19)20/h11H,4-10H2,1-3H3,(H,15,18)(H,16,21)(H,19,20). The van der Waals surface area contributed by atoms with Gasteiger partial charge in [-0.3, -0.25) is 9.59 Å². The molecule has 3 amide bonds. The lowest BCUT2D eigenvalue weighted by Crippen LogP contribution is -2.43. The first kappa shape index (κ1) is 19.2. The maximum Gasteiger partial charge on any atom is 0.317 e. The van der Waals surface area contributed by atoms with Gasteiger partial charge in [-0.25, -0.2) is 4.79 Å². The molecule has 0 radical (unpaired) electrons. The predicted molar refractivity (Wildman–Crippen MR) is 80.0 cm³/mol. The Balaban J connectivity index is 3.82. The number of urea groups is 1. The quantitative estimate of drug-likeness (QED) is 0.561. The zero-order valence-electron chi connectivity index (χ0n) is 13.1. The number of aliphatic carboxylic acids is 1. The summed E-state index contributed by atoms with van der Waals surface area (Å²) in [6.07, 6.45) is 2.32. The van der Waals surface area contributed by atoms with Gasteiger partial charge in [0.25, 0.3) is 0 Å². The molecule has 0 spiro atoms. The number of amides is 3. The monoisotopic (exact) mass is 301 g/mol. The molecule has 7 nitrogen and oxygen atoms in total. The third-order valence-electron chi connectivity index (χ3n) is 3.06. The van der Waals surface area contributed by atoms with Crippen LogP contribution in [-0.4, -0.2) is 54.6 Å². The molecular weight excluding hydrogens is 274 g/mol. The van der Waals surface area contributed by atoms with Crippen LogP contribution < -0.4 is 10.6 Å². The van der Waals surface area contributed by atoms with Gasteiger partial charge in [0.05, 0.1) is 0 Å². The van der Waals surface area contributed by atoms with Gasteiger partial charge >= 0.3 is 12.0 Å². The molecule has 0 aliphatic carbocycles. The first-order chi connectivity index (χ1) is 9.86. The first-order valence-corrected chi connectivity index (χ1v) is 7.34. The Morgan fingerprint density at radius 2 is 1.81 bits per heavy atom. The number of carboxylic acid groups (broad SMARTS) is 1. The van der Waals surface area contributed by atoms with E-state index < -0.39 is 5.97 Å². The summed E-state index contributed by atoms with van der Waals surface area (Å²) in [7, 11) is 1.56. The minimum Gasteiger partial charge on any atom is -0.481 e. The van der Waals surface area contributed by atoms with Gasteiger partial charge in [-0.05, 0) is 25.2 Å². The van der Waals surface area contributed by atoms with E-state index in [0.717, 1.165) is 12.8 Å². The van der Waals surface area contributed by atoms with E-state index in [0.29, 0.717) is 19.5 Å². The summed E-state index contributed by atoms with van der Waals surface area (Å²) >= 11 is 0. The number of likely N-dealkylation sites (N-methyl/N-ethyl adjacent to an activating group) is 1. The number of carbonyl (C=O) groups is 3. The normalized spacial score (nSPS) is 11.6. The van der Waals surface area contributed by atoms with E-state index in [9.17, 15) is 14.4 Å². The summed E-state index contributed by atoms with van der Waals surface area (Å²) in [6.45, 7) is 5.02. The fourth-order valence-electron chi connectivity index (χ4n) is 1.68. The van der Waals surface area contributed by atoms with Gasteiger partial charge in [0, 0.05) is 26.6 Å². The number of hydrogen-bond donors (Lipinski definition) is 3. The fourth-order valence-corrected chi connectivity index (χ4v) is 1.68. The molecule has 0 aliphatic heterocycles. The molecule has 122 valence electrons. The highest BCUT2D eigenvalue weighted by atomic mass is 16.4. The largest absolute Gasteiger partial charge is 0.481 e. The van der Waals surface area contributed by atoms with Gasteiger partial charge in [-0.2, -0.15) is 0 Å². The van der Waals surface area contributed by atoms with Gasteiger partial charge in [0.2, 0.25) is 5.91 Å². The smallest absolute Gasteiger partial charge is 0.317 e. The van der Waals surface area contributed by atoms with E-state index in [4.69, 9.17) is 5.11 Å². The Hall–Kier alpha value is -1.79. The summed E-state index contributed by atoms with van der Waals surface area (Å²) in [5.74, 6) is -0.743. The van der Waals surface area contributed by atoms with Gasteiger partial charge in [-0.15, -0.1) is 0 Å². The average molecular weight is 301 g/mol. The maximum absolute atomic E-state index is 11.7. The molecule has 0 saturated carbocycles. The number of carbonyl (C=O) groups excluding carboxylic acids is 2. The van der Waals surface area contributed by atoms with Crippen molar-refractivity contribution in [1.82, 2.24) is 15.5 Å². The molecule has 0 aromatic carbocycles. The Morgan fingerprint density at radius 3 is 2.38 bits per heavy atom. The van der Waals surface area contributed by atoms with Crippen molar-refractivity contribution in [2.75, 3.05) is 26.7 Å². The van der Waals surface area contributed by atoms with Crippen molar-refractivity contribution in [3.05, 3.63) is 0 Å². The molecule has 0 rings (SSSR count).